The van der Waals surface area contributed by atoms with Crippen LogP contribution in [0, 0.1) is 11.3 Å². The van der Waals surface area contributed by atoms with Crippen molar-refractivity contribution in [2.45, 2.75) is 0 Å². The van der Waals surface area contributed by atoms with E-state index >= 15 is 0 Å². The number of ether oxygens (including phenoxy) is 3. The summed E-state index contributed by atoms with van der Waals surface area (Å²) in [5, 5.41) is 8.81. The lowest BCUT2D eigenvalue weighted by molar-refractivity contribution is -0.135. The van der Waals surface area contributed by atoms with Gasteiger partial charge in [0.25, 0.3) is 0 Å². The largest absolute Gasteiger partial charge is 0.465 e. The van der Waals surface area contributed by atoms with E-state index in [2.05, 4.69) is 4.74 Å². The van der Waals surface area contributed by atoms with Gasteiger partial charge in [0, 0.05) is 0 Å². The molecule has 0 spiro atoms. The molecular formula is C12H9NO4. The van der Waals surface area contributed by atoms with E-state index in [0.717, 1.165) is 0 Å². The fraction of sp³-hybridized carbons (Fsp3) is 0.167. The fourth-order valence-electron chi connectivity index (χ4n) is 1.42. The molecule has 5 heteroatoms. The van der Waals surface area contributed by atoms with Crippen LogP contribution >= 0.6 is 0 Å². The predicted octanol–water partition coefficient (Wildman–Crippen LogP) is 1.50. The standard InChI is InChI=1S/C12H9NO4/c1-15-12(14)9(6-13)4-8-2-3-10-11(5-8)17-7-16-10/h2-5H,7H2,1H3/b9-4-. The first-order chi connectivity index (χ1) is 8.24. The highest BCUT2D eigenvalue weighted by Gasteiger charge is 2.14. The van der Waals surface area contributed by atoms with Gasteiger partial charge < -0.3 is 14.2 Å². The van der Waals surface area contributed by atoms with Crippen LogP contribution in [0.5, 0.6) is 11.5 Å². The number of hydrogen-bond donors (Lipinski definition) is 0. The summed E-state index contributed by atoms with van der Waals surface area (Å²) in [6.45, 7) is 0.185. The second-order valence-electron chi connectivity index (χ2n) is 3.27. The molecule has 1 aliphatic heterocycles. The Morgan fingerprint density at radius 2 is 2.24 bits per heavy atom. The summed E-state index contributed by atoms with van der Waals surface area (Å²) in [7, 11) is 1.23. The average molecular weight is 231 g/mol. The summed E-state index contributed by atoms with van der Waals surface area (Å²) in [6, 6.07) is 6.93. The van der Waals surface area contributed by atoms with Crippen LogP contribution in [0.4, 0.5) is 0 Å². The highest BCUT2D eigenvalue weighted by molar-refractivity contribution is 5.97. The summed E-state index contributed by atoms with van der Waals surface area (Å²) >= 11 is 0. The zero-order chi connectivity index (χ0) is 12.3. The Hall–Kier alpha value is -2.48. The van der Waals surface area contributed by atoms with E-state index in [0.29, 0.717) is 17.1 Å². The van der Waals surface area contributed by atoms with E-state index in [4.69, 9.17) is 14.7 Å². The summed E-state index contributed by atoms with van der Waals surface area (Å²) in [5.74, 6) is 0.588. The van der Waals surface area contributed by atoms with Gasteiger partial charge in [0.2, 0.25) is 6.79 Å². The van der Waals surface area contributed by atoms with E-state index in [1.807, 2.05) is 0 Å². The zero-order valence-corrected chi connectivity index (χ0v) is 9.10. The molecule has 0 bridgehead atoms. The molecule has 5 nitrogen and oxygen atoms in total. The number of methoxy groups -OCH3 is 1. The van der Waals surface area contributed by atoms with Crippen LogP contribution < -0.4 is 9.47 Å². The number of nitriles is 1. The van der Waals surface area contributed by atoms with Crippen molar-refractivity contribution in [1.29, 1.82) is 5.26 Å². The molecule has 1 aromatic rings. The van der Waals surface area contributed by atoms with Gasteiger partial charge in [-0.1, -0.05) is 6.07 Å². The molecule has 1 heterocycles. The molecule has 0 saturated carbocycles. The molecule has 86 valence electrons. The van der Waals surface area contributed by atoms with Crippen molar-refractivity contribution in [1.82, 2.24) is 0 Å². The molecule has 0 fully saturated rings. The molecule has 2 rings (SSSR count). The van der Waals surface area contributed by atoms with Gasteiger partial charge in [0.1, 0.15) is 11.6 Å². The molecule has 1 aliphatic rings. The van der Waals surface area contributed by atoms with Gasteiger partial charge in [0.15, 0.2) is 11.5 Å². The number of hydrogen-bond acceptors (Lipinski definition) is 5. The molecule has 0 saturated heterocycles. The first-order valence-electron chi connectivity index (χ1n) is 4.84. The lowest BCUT2D eigenvalue weighted by Gasteiger charge is -1.99. The third-order valence-corrected chi connectivity index (χ3v) is 2.23. The van der Waals surface area contributed by atoms with E-state index in [-0.39, 0.29) is 12.4 Å². The minimum Gasteiger partial charge on any atom is -0.465 e. The number of nitrogens with zero attached hydrogens (tertiary/aromatic N) is 1. The predicted molar refractivity (Wildman–Crippen MR) is 58.2 cm³/mol. The number of carbonyl (C=O) groups is 1. The molecule has 0 amide bonds. The van der Waals surface area contributed by atoms with Gasteiger partial charge in [-0.05, 0) is 23.8 Å². The van der Waals surface area contributed by atoms with Gasteiger partial charge in [-0.15, -0.1) is 0 Å². The number of carbonyl (C=O) groups excluding carboxylic acids is 1. The van der Waals surface area contributed by atoms with E-state index < -0.39 is 5.97 Å². The maximum Gasteiger partial charge on any atom is 0.348 e. The van der Waals surface area contributed by atoms with Crippen molar-refractivity contribution < 1.29 is 19.0 Å². The minimum absolute atomic E-state index is 0.0636. The number of esters is 1. The summed E-state index contributed by atoms with van der Waals surface area (Å²) in [5.41, 5.74) is 0.613. The monoisotopic (exact) mass is 231 g/mol. The van der Waals surface area contributed by atoms with E-state index in [1.165, 1.54) is 13.2 Å². The van der Waals surface area contributed by atoms with Crippen molar-refractivity contribution in [3.05, 3.63) is 29.3 Å². The minimum atomic E-state index is -0.662. The highest BCUT2D eigenvalue weighted by Crippen LogP contribution is 2.33. The number of rotatable bonds is 2. The topological polar surface area (TPSA) is 68.6 Å². The maximum absolute atomic E-state index is 11.2. The maximum atomic E-state index is 11.2. The smallest absolute Gasteiger partial charge is 0.348 e. The first kappa shape index (κ1) is 11.0. The van der Waals surface area contributed by atoms with Crippen molar-refractivity contribution in [3.63, 3.8) is 0 Å². The van der Waals surface area contributed by atoms with Crippen LogP contribution in [-0.4, -0.2) is 19.9 Å². The Morgan fingerprint density at radius 1 is 1.47 bits per heavy atom. The second-order valence-corrected chi connectivity index (χ2v) is 3.27. The summed E-state index contributed by atoms with van der Waals surface area (Å²) in [4.78, 5) is 11.2. The normalized spacial score (nSPS) is 13.1. The first-order valence-corrected chi connectivity index (χ1v) is 4.84. The SMILES string of the molecule is COC(=O)/C(C#N)=C\c1ccc2c(c1)OCO2. The van der Waals surface area contributed by atoms with Gasteiger partial charge in [-0.2, -0.15) is 5.26 Å². The van der Waals surface area contributed by atoms with Crippen LogP contribution in [0.1, 0.15) is 5.56 Å². The zero-order valence-electron chi connectivity index (χ0n) is 9.10. The molecule has 0 radical (unpaired) electrons. The molecule has 0 atom stereocenters. The fourth-order valence-corrected chi connectivity index (χ4v) is 1.42. The van der Waals surface area contributed by atoms with Gasteiger partial charge in [-0.25, -0.2) is 4.79 Å². The van der Waals surface area contributed by atoms with Crippen molar-refractivity contribution >= 4 is 12.0 Å². The summed E-state index contributed by atoms with van der Waals surface area (Å²) in [6.07, 6.45) is 1.44. The van der Waals surface area contributed by atoms with Crippen LogP contribution in [0.2, 0.25) is 0 Å². The molecule has 0 unspecified atom stereocenters. The second kappa shape index (κ2) is 4.58. The molecule has 0 aromatic heterocycles. The van der Waals surface area contributed by atoms with Crippen LogP contribution in [-0.2, 0) is 9.53 Å². The Bertz CT molecular complexity index is 528. The number of benzene rings is 1. The van der Waals surface area contributed by atoms with Crippen molar-refractivity contribution in [3.8, 4) is 17.6 Å². The van der Waals surface area contributed by atoms with E-state index in [1.54, 1.807) is 24.3 Å². The summed E-state index contributed by atoms with van der Waals surface area (Å²) < 4.78 is 14.8. The van der Waals surface area contributed by atoms with Crippen LogP contribution in [0.25, 0.3) is 6.08 Å². The molecule has 1 aromatic carbocycles. The average Bonchev–Trinajstić information content (AvgIpc) is 2.82. The van der Waals surface area contributed by atoms with Crippen molar-refractivity contribution in [2.24, 2.45) is 0 Å². The molecular weight excluding hydrogens is 222 g/mol. The van der Waals surface area contributed by atoms with Gasteiger partial charge in [0.05, 0.1) is 7.11 Å². The Morgan fingerprint density at radius 3 is 2.94 bits per heavy atom. The van der Waals surface area contributed by atoms with E-state index in [9.17, 15) is 4.79 Å². The van der Waals surface area contributed by atoms with Gasteiger partial charge >= 0.3 is 5.97 Å². The molecule has 0 N–H and O–H groups in total. The highest BCUT2D eigenvalue weighted by atomic mass is 16.7. The third-order valence-electron chi connectivity index (χ3n) is 2.23. The van der Waals surface area contributed by atoms with Crippen LogP contribution in [0.3, 0.4) is 0 Å². The van der Waals surface area contributed by atoms with Crippen molar-refractivity contribution in [2.75, 3.05) is 13.9 Å². The van der Waals surface area contributed by atoms with Crippen LogP contribution in [0.15, 0.2) is 23.8 Å². The lowest BCUT2D eigenvalue weighted by atomic mass is 10.1. The van der Waals surface area contributed by atoms with Gasteiger partial charge in [-0.3, -0.25) is 0 Å². The lowest BCUT2D eigenvalue weighted by Crippen LogP contribution is -2.02. The third kappa shape index (κ3) is 2.21. The quantitative estimate of drug-likeness (QED) is 0.438. The Kier molecular flexibility index (Phi) is 2.97. The molecule has 0 aliphatic carbocycles. The molecule has 17 heavy (non-hydrogen) atoms. The Balaban J connectivity index is 2.32. The number of fused-ring (bicyclic) bond motifs is 1. The Labute approximate surface area is 97.8 Å².